The highest BCUT2D eigenvalue weighted by atomic mass is 16.8. The van der Waals surface area contributed by atoms with Crippen LogP contribution in [-0.2, 0) is 14.2 Å². The standard InChI is InChI=1S/C23H30O5/c1-12-7-14(3)21(24)16(9-12)20(17-10-13(2)8-15(4)22(17)25)18-11-19(26-5)28-23(18)27-6/h7-10,18-20,23-25H,11H2,1-6H3. The predicted molar refractivity (Wildman–Crippen MR) is 108 cm³/mol. The quantitative estimate of drug-likeness (QED) is 0.795. The molecule has 1 fully saturated rings. The molecule has 3 atom stereocenters. The van der Waals surface area contributed by atoms with Crippen LogP contribution in [0.15, 0.2) is 24.3 Å². The van der Waals surface area contributed by atoms with Crippen molar-refractivity contribution >= 4 is 0 Å². The molecule has 0 radical (unpaired) electrons. The highest BCUT2D eigenvalue weighted by Gasteiger charge is 2.43. The van der Waals surface area contributed by atoms with Crippen molar-refractivity contribution in [2.45, 2.75) is 52.6 Å². The Morgan fingerprint density at radius 1 is 0.857 bits per heavy atom. The summed E-state index contributed by atoms with van der Waals surface area (Å²) in [5.41, 5.74) is 5.25. The normalized spacial score (nSPS) is 22.2. The molecule has 0 aromatic heterocycles. The van der Waals surface area contributed by atoms with Crippen molar-refractivity contribution in [1.82, 2.24) is 0 Å². The van der Waals surface area contributed by atoms with Crippen molar-refractivity contribution in [3.8, 4) is 11.5 Å². The first-order valence-corrected chi connectivity index (χ1v) is 9.58. The van der Waals surface area contributed by atoms with Crippen molar-refractivity contribution in [2.24, 2.45) is 5.92 Å². The lowest BCUT2D eigenvalue weighted by Crippen LogP contribution is -2.26. The second-order valence-corrected chi connectivity index (χ2v) is 7.82. The van der Waals surface area contributed by atoms with E-state index in [4.69, 9.17) is 14.2 Å². The van der Waals surface area contributed by atoms with Crippen LogP contribution in [0, 0.1) is 33.6 Å². The van der Waals surface area contributed by atoms with Crippen LogP contribution in [0.3, 0.4) is 0 Å². The van der Waals surface area contributed by atoms with Gasteiger partial charge in [0.1, 0.15) is 11.5 Å². The van der Waals surface area contributed by atoms with E-state index in [1.807, 2.05) is 52.0 Å². The van der Waals surface area contributed by atoms with Gasteiger partial charge < -0.3 is 24.4 Å². The molecule has 1 saturated heterocycles. The van der Waals surface area contributed by atoms with Crippen molar-refractivity contribution in [3.63, 3.8) is 0 Å². The van der Waals surface area contributed by atoms with Gasteiger partial charge in [0.2, 0.25) is 0 Å². The number of phenolic OH excluding ortho intramolecular Hbond substituents is 2. The van der Waals surface area contributed by atoms with Gasteiger partial charge in [-0.25, -0.2) is 0 Å². The van der Waals surface area contributed by atoms with Gasteiger partial charge in [-0.3, -0.25) is 0 Å². The van der Waals surface area contributed by atoms with Gasteiger partial charge in [-0.2, -0.15) is 0 Å². The lowest BCUT2D eigenvalue weighted by atomic mass is 9.76. The number of ether oxygens (including phenoxy) is 3. The highest BCUT2D eigenvalue weighted by molar-refractivity contribution is 5.54. The molecule has 0 amide bonds. The van der Waals surface area contributed by atoms with Crippen LogP contribution in [0.2, 0.25) is 0 Å². The van der Waals surface area contributed by atoms with E-state index in [0.717, 1.165) is 33.4 Å². The molecule has 28 heavy (non-hydrogen) atoms. The molecule has 152 valence electrons. The first-order valence-electron chi connectivity index (χ1n) is 9.58. The summed E-state index contributed by atoms with van der Waals surface area (Å²) in [6, 6.07) is 7.87. The Hall–Kier alpha value is -2.08. The van der Waals surface area contributed by atoms with Gasteiger partial charge in [0.25, 0.3) is 0 Å². The number of hydrogen-bond acceptors (Lipinski definition) is 5. The summed E-state index contributed by atoms with van der Waals surface area (Å²) in [5.74, 6) is 0.0474. The predicted octanol–water partition coefficient (Wildman–Crippen LogP) is 4.44. The lowest BCUT2D eigenvalue weighted by Gasteiger charge is -2.30. The Kier molecular flexibility index (Phi) is 5.98. The summed E-state index contributed by atoms with van der Waals surface area (Å²) in [4.78, 5) is 0. The molecule has 0 bridgehead atoms. The van der Waals surface area contributed by atoms with E-state index in [0.29, 0.717) is 6.42 Å². The zero-order valence-corrected chi connectivity index (χ0v) is 17.4. The topological polar surface area (TPSA) is 68.2 Å². The monoisotopic (exact) mass is 386 g/mol. The van der Waals surface area contributed by atoms with Gasteiger partial charge in [0.05, 0.1) is 0 Å². The van der Waals surface area contributed by atoms with E-state index >= 15 is 0 Å². The van der Waals surface area contributed by atoms with Crippen molar-refractivity contribution < 1.29 is 24.4 Å². The van der Waals surface area contributed by atoms with E-state index < -0.39 is 12.6 Å². The molecule has 2 aromatic rings. The summed E-state index contributed by atoms with van der Waals surface area (Å²) in [5, 5.41) is 21.9. The number of phenols is 2. The molecule has 0 spiro atoms. The molecule has 2 aromatic carbocycles. The van der Waals surface area contributed by atoms with Crippen LogP contribution in [0.25, 0.3) is 0 Å². The van der Waals surface area contributed by atoms with Crippen LogP contribution < -0.4 is 0 Å². The maximum absolute atomic E-state index is 10.9. The fourth-order valence-electron chi connectivity index (χ4n) is 4.40. The average Bonchev–Trinajstić information content (AvgIpc) is 3.06. The van der Waals surface area contributed by atoms with Crippen LogP contribution >= 0.6 is 0 Å². The molecule has 3 unspecified atom stereocenters. The van der Waals surface area contributed by atoms with Gasteiger partial charge in [0.15, 0.2) is 12.6 Å². The third-order valence-electron chi connectivity index (χ3n) is 5.64. The Balaban J connectivity index is 2.24. The molecular formula is C23H30O5. The summed E-state index contributed by atoms with van der Waals surface area (Å²) in [6.07, 6.45) is -0.299. The summed E-state index contributed by atoms with van der Waals surface area (Å²) >= 11 is 0. The summed E-state index contributed by atoms with van der Waals surface area (Å²) in [7, 11) is 3.22. The Morgan fingerprint density at radius 3 is 1.79 bits per heavy atom. The minimum absolute atomic E-state index is 0.130. The smallest absolute Gasteiger partial charge is 0.164 e. The number of aryl methyl sites for hydroxylation is 4. The van der Waals surface area contributed by atoms with E-state index in [9.17, 15) is 10.2 Å². The Bertz CT molecular complexity index is 803. The van der Waals surface area contributed by atoms with Crippen LogP contribution in [0.4, 0.5) is 0 Å². The molecule has 1 aliphatic heterocycles. The Labute approximate surface area is 166 Å². The lowest BCUT2D eigenvalue weighted by molar-refractivity contribution is -0.193. The number of hydrogen-bond donors (Lipinski definition) is 2. The molecule has 0 aliphatic carbocycles. The maximum atomic E-state index is 10.9. The van der Waals surface area contributed by atoms with Crippen molar-refractivity contribution in [3.05, 3.63) is 57.6 Å². The fraction of sp³-hybridized carbons (Fsp3) is 0.478. The Morgan fingerprint density at radius 2 is 1.36 bits per heavy atom. The summed E-state index contributed by atoms with van der Waals surface area (Å²) < 4.78 is 16.9. The number of aromatic hydroxyl groups is 2. The highest BCUT2D eigenvalue weighted by Crippen LogP contribution is 2.48. The summed E-state index contributed by atoms with van der Waals surface area (Å²) in [6.45, 7) is 7.79. The average molecular weight is 386 g/mol. The number of rotatable bonds is 5. The van der Waals surface area contributed by atoms with Gasteiger partial charge >= 0.3 is 0 Å². The first kappa shape index (κ1) is 20.6. The molecular weight excluding hydrogens is 356 g/mol. The second-order valence-electron chi connectivity index (χ2n) is 7.82. The van der Waals surface area contributed by atoms with E-state index in [1.165, 1.54) is 0 Å². The maximum Gasteiger partial charge on any atom is 0.164 e. The molecule has 1 aliphatic rings. The van der Waals surface area contributed by atoms with Gasteiger partial charge in [-0.15, -0.1) is 0 Å². The fourth-order valence-corrected chi connectivity index (χ4v) is 4.40. The number of methoxy groups -OCH3 is 2. The molecule has 0 saturated carbocycles. The molecule has 2 N–H and O–H groups in total. The minimum Gasteiger partial charge on any atom is -0.507 e. The third kappa shape index (κ3) is 3.75. The van der Waals surface area contributed by atoms with Crippen LogP contribution in [-0.4, -0.2) is 37.0 Å². The van der Waals surface area contributed by atoms with E-state index in [1.54, 1.807) is 14.2 Å². The van der Waals surface area contributed by atoms with Gasteiger partial charge in [-0.1, -0.05) is 35.4 Å². The zero-order valence-electron chi connectivity index (χ0n) is 17.4. The van der Waals surface area contributed by atoms with E-state index in [2.05, 4.69) is 0 Å². The molecule has 1 heterocycles. The van der Waals surface area contributed by atoms with Crippen molar-refractivity contribution in [2.75, 3.05) is 14.2 Å². The van der Waals surface area contributed by atoms with Gasteiger partial charge in [0, 0.05) is 43.6 Å². The van der Waals surface area contributed by atoms with Gasteiger partial charge in [-0.05, 0) is 38.8 Å². The minimum atomic E-state index is -0.504. The van der Waals surface area contributed by atoms with Crippen molar-refractivity contribution in [1.29, 1.82) is 0 Å². The third-order valence-corrected chi connectivity index (χ3v) is 5.64. The molecule has 3 rings (SSSR count). The SMILES string of the molecule is COC1CC(C(c2cc(C)cc(C)c2O)c2cc(C)cc(C)c2O)C(OC)O1. The van der Waals surface area contributed by atoms with E-state index in [-0.39, 0.29) is 23.3 Å². The molecule has 5 nitrogen and oxygen atoms in total. The first-order chi connectivity index (χ1) is 13.3. The largest absolute Gasteiger partial charge is 0.507 e. The molecule has 5 heteroatoms. The second kappa shape index (κ2) is 8.11. The number of benzene rings is 2. The van der Waals surface area contributed by atoms with Crippen LogP contribution in [0.1, 0.15) is 45.7 Å². The van der Waals surface area contributed by atoms with Crippen LogP contribution in [0.5, 0.6) is 11.5 Å². The zero-order chi connectivity index (χ0) is 20.6.